The molecular weight excluding hydrogens is 242 g/mol. The Hall–Kier alpha value is -0.540. The minimum absolute atomic E-state index is 0.202. The summed E-state index contributed by atoms with van der Waals surface area (Å²) >= 11 is 3.53. The molecule has 2 rings (SSSR count). The van der Waals surface area contributed by atoms with Crippen molar-refractivity contribution < 1.29 is 4.74 Å². The second-order valence-corrected chi connectivity index (χ2v) is 4.61. The maximum absolute atomic E-state index is 5.79. The molecule has 0 amide bonds. The average molecular weight is 256 g/mol. The van der Waals surface area contributed by atoms with E-state index in [9.17, 15) is 0 Å². The first-order chi connectivity index (χ1) is 6.63. The molecule has 3 heteroatoms. The Bertz CT molecular complexity index is 365. The van der Waals surface area contributed by atoms with Gasteiger partial charge >= 0.3 is 0 Å². The highest BCUT2D eigenvalue weighted by Gasteiger charge is 2.31. The predicted octanol–water partition coefficient (Wildman–Crippen LogP) is 2.80. The Morgan fingerprint density at radius 1 is 1.43 bits per heavy atom. The number of hydrogen-bond acceptors (Lipinski definition) is 2. The maximum atomic E-state index is 5.79. The van der Waals surface area contributed by atoms with Gasteiger partial charge in [-0.3, -0.25) is 0 Å². The standard InChI is InChI=1S/C11H14BrNO/c1-6-4-8-10(13-3)7(2)14-11(8)9(12)5-6/h4-5,7,10,13H,1-3H3. The number of nitrogens with one attached hydrogen (secondary N) is 1. The van der Waals surface area contributed by atoms with Crippen molar-refractivity contribution in [2.75, 3.05) is 7.05 Å². The van der Waals surface area contributed by atoms with Crippen molar-refractivity contribution in [1.82, 2.24) is 5.32 Å². The van der Waals surface area contributed by atoms with E-state index >= 15 is 0 Å². The van der Waals surface area contributed by atoms with Gasteiger partial charge in [-0.1, -0.05) is 6.07 Å². The van der Waals surface area contributed by atoms with Crippen LogP contribution in [0.2, 0.25) is 0 Å². The van der Waals surface area contributed by atoms with Gasteiger partial charge < -0.3 is 10.1 Å². The lowest BCUT2D eigenvalue weighted by Crippen LogP contribution is -2.25. The first-order valence-electron chi connectivity index (χ1n) is 4.77. The number of aryl methyl sites for hydroxylation is 1. The van der Waals surface area contributed by atoms with Gasteiger partial charge in [0.25, 0.3) is 0 Å². The Labute approximate surface area is 92.8 Å². The van der Waals surface area contributed by atoms with E-state index in [4.69, 9.17) is 4.74 Å². The zero-order valence-electron chi connectivity index (χ0n) is 8.60. The van der Waals surface area contributed by atoms with Gasteiger partial charge in [0.2, 0.25) is 0 Å². The smallest absolute Gasteiger partial charge is 0.138 e. The minimum atomic E-state index is 0.202. The van der Waals surface area contributed by atoms with E-state index in [1.807, 2.05) is 7.05 Å². The van der Waals surface area contributed by atoms with Crippen LogP contribution >= 0.6 is 15.9 Å². The molecule has 1 aliphatic heterocycles. The molecule has 0 fully saturated rings. The summed E-state index contributed by atoms with van der Waals surface area (Å²) in [6.45, 7) is 4.18. The molecule has 0 spiro atoms. The normalized spacial score (nSPS) is 24.6. The fraction of sp³-hybridized carbons (Fsp3) is 0.455. The molecule has 14 heavy (non-hydrogen) atoms. The molecule has 1 aliphatic rings. The van der Waals surface area contributed by atoms with Crippen LogP contribution in [0, 0.1) is 6.92 Å². The number of ether oxygens (including phenoxy) is 1. The summed E-state index contributed by atoms with van der Waals surface area (Å²) in [6, 6.07) is 4.58. The predicted molar refractivity (Wildman–Crippen MR) is 60.8 cm³/mol. The molecule has 0 aromatic heterocycles. The Morgan fingerprint density at radius 2 is 2.14 bits per heavy atom. The molecule has 0 radical (unpaired) electrons. The summed E-state index contributed by atoms with van der Waals surface area (Å²) in [5, 5.41) is 3.28. The van der Waals surface area contributed by atoms with Crippen molar-refractivity contribution in [3.8, 4) is 5.75 Å². The van der Waals surface area contributed by atoms with E-state index in [0.717, 1.165) is 10.2 Å². The molecule has 2 atom stereocenters. The van der Waals surface area contributed by atoms with E-state index in [0.29, 0.717) is 6.04 Å². The van der Waals surface area contributed by atoms with Crippen molar-refractivity contribution in [1.29, 1.82) is 0 Å². The molecule has 0 aliphatic carbocycles. The van der Waals surface area contributed by atoms with Crippen LogP contribution in [-0.4, -0.2) is 13.2 Å². The maximum Gasteiger partial charge on any atom is 0.138 e. The van der Waals surface area contributed by atoms with E-state index in [2.05, 4.69) is 47.2 Å². The number of likely N-dealkylation sites (N-methyl/N-ethyl adjacent to an activating group) is 1. The van der Waals surface area contributed by atoms with Gasteiger partial charge in [0.05, 0.1) is 10.5 Å². The highest BCUT2D eigenvalue weighted by molar-refractivity contribution is 9.10. The minimum Gasteiger partial charge on any atom is -0.487 e. The summed E-state index contributed by atoms with van der Waals surface area (Å²) in [5.41, 5.74) is 2.51. The second kappa shape index (κ2) is 3.55. The van der Waals surface area contributed by atoms with Gasteiger partial charge in [0.15, 0.2) is 0 Å². The average Bonchev–Trinajstić information content (AvgIpc) is 2.41. The molecule has 1 aromatic carbocycles. The third-order valence-corrected chi connectivity index (χ3v) is 3.22. The topological polar surface area (TPSA) is 21.3 Å². The lowest BCUT2D eigenvalue weighted by atomic mass is 10.0. The summed E-state index contributed by atoms with van der Waals surface area (Å²) in [5.74, 6) is 0.988. The van der Waals surface area contributed by atoms with Crippen molar-refractivity contribution in [2.45, 2.75) is 26.0 Å². The van der Waals surface area contributed by atoms with Crippen molar-refractivity contribution in [2.24, 2.45) is 0 Å². The number of fused-ring (bicyclic) bond motifs is 1. The zero-order chi connectivity index (χ0) is 10.3. The summed E-state index contributed by atoms with van der Waals surface area (Å²) in [7, 11) is 1.97. The van der Waals surface area contributed by atoms with Gasteiger partial charge in [-0.15, -0.1) is 0 Å². The van der Waals surface area contributed by atoms with Crippen LogP contribution in [0.4, 0.5) is 0 Å². The fourth-order valence-corrected chi connectivity index (χ4v) is 2.69. The molecular formula is C11H14BrNO. The SMILES string of the molecule is CNC1c2cc(C)cc(Br)c2OC1C. The largest absolute Gasteiger partial charge is 0.487 e. The third kappa shape index (κ3) is 1.44. The second-order valence-electron chi connectivity index (χ2n) is 3.75. The van der Waals surface area contributed by atoms with Gasteiger partial charge in [-0.2, -0.15) is 0 Å². The number of benzene rings is 1. The zero-order valence-corrected chi connectivity index (χ0v) is 10.2. The quantitative estimate of drug-likeness (QED) is 0.834. The first kappa shape index (κ1) is 9.99. The molecule has 1 aromatic rings. The van der Waals surface area contributed by atoms with Crippen LogP contribution in [0.1, 0.15) is 24.1 Å². The lowest BCUT2D eigenvalue weighted by Gasteiger charge is -2.12. The van der Waals surface area contributed by atoms with Crippen molar-refractivity contribution >= 4 is 15.9 Å². The van der Waals surface area contributed by atoms with E-state index in [1.165, 1.54) is 11.1 Å². The Morgan fingerprint density at radius 3 is 2.79 bits per heavy atom. The highest BCUT2D eigenvalue weighted by Crippen LogP contribution is 2.42. The number of hydrogen-bond donors (Lipinski definition) is 1. The van der Waals surface area contributed by atoms with E-state index in [1.54, 1.807) is 0 Å². The molecule has 0 bridgehead atoms. The summed E-state index contributed by atoms with van der Waals surface area (Å²) in [6.07, 6.45) is 0.202. The summed E-state index contributed by atoms with van der Waals surface area (Å²) in [4.78, 5) is 0. The fourth-order valence-electron chi connectivity index (χ4n) is 2.01. The number of halogens is 1. The summed E-state index contributed by atoms with van der Waals surface area (Å²) < 4.78 is 6.84. The highest BCUT2D eigenvalue weighted by atomic mass is 79.9. The molecule has 76 valence electrons. The van der Waals surface area contributed by atoms with Crippen LogP contribution in [0.3, 0.4) is 0 Å². The Kier molecular flexibility index (Phi) is 2.54. The molecule has 1 N–H and O–H groups in total. The molecule has 0 saturated carbocycles. The molecule has 1 heterocycles. The van der Waals surface area contributed by atoms with E-state index in [-0.39, 0.29) is 6.10 Å². The van der Waals surface area contributed by atoms with Gasteiger partial charge in [-0.25, -0.2) is 0 Å². The molecule has 2 nitrogen and oxygen atoms in total. The first-order valence-corrected chi connectivity index (χ1v) is 5.56. The van der Waals surface area contributed by atoms with E-state index < -0.39 is 0 Å². The number of rotatable bonds is 1. The Balaban J connectivity index is 2.53. The van der Waals surface area contributed by atoms with Crippen LogP contribution in [0.5, 0.6) is 5.75 Å². The third-order valence-electron chi connectivity index (χ3n) is 2.64. The van der Waals surface area contributed by atoms with Crippen LogP contribution in [0.25, 0.3) is 0 Å². The molecule has 2 unspecified atom stereocenters. The van der Waals surface area contributed by atoms with Crippen molar-refractivity contribution in [3.05, 3.63) is 27.7 Å². The van der Waals surface area contributed by atoms with Gasteiger partial charge in [0.1, 0.15) is 11.9 Å². The monoisotopic (exact) mass is 255 g/mol. The van der Waals surface area contributed by atoms with Crippen LogP contribution in [0.15, 0.2) is 16.6 Å². The van der Waals surface area contributed by atoms with Crippen LogP contribution in [-0.2, 0) is 0 Å². The lowest BCUT2D eigenvalue weighted by molar-refractivity contribution is 0.213. The van der Waals surface area contributed by atoms with Gasteiger partial charge in [-0.05, 0) is 48.5 Å². The van der Waals surface area contributed by atoms with Gasteiger partial charge in [0, 0.05) is 5.56 Å². The van der Waals surface area contributed by atoms with Crippen LogP contribution < -0.4 is 10.1 Å². The molecule has 0 saturated heterocycles. The van der Waals surface area contributed by atoms with Crippen molar-refractivity contribution in [3.63, 3.8) is 0 Å².